The Morgan fingerprint density at radius 2 is 1.86 bits per heavy atom. The number of rotatable bonds is 5. The minimum atomic E-state index is -3.74. The van der Waals surface area contributed by atoms with Gasteiger partial charge in [-0.15, -0.1) is 5.73 Å². The molecule has 0 atom stereocenters. The molecule has 0 saturated carbocycles. The SMILES string of the molecule is C=C=CN(c1cccc(OC)c1)S(=O)(=O)c1ccc(C)cc1. The lowest BCUT2D eigenvalue weighted by atomic mass is 10.2. The lowest BCUT2D eigenvalue weighted by Crippen LogP contribution is -2.25. The van der Waals surface area contributed by atoms with Crippen LogP contribution in [0.4, 0.5) is 5.69 Å². The number of hydrogen-bond acceptors (Lipinski definition) is 3. The molecular weight excluding hydrogens is 298 g/mol. The lowest BCUT2D eigenvalue weighted by Gasteiger charge is -2.20. The smallest absolute Gasteiger partial charge is 0.268 e. The molecule has 0 heterocycles. The van der Waals surface area contributed by atoms with Crippen molar-refractivity contribution < 1.29 is 13.2 Å². The van der Waals surface area contributed by atoms with Gasteiger partial charge in [-0.3, -0.25) is 0 Å². The number of aryl methyl sites for hydroxylation is 1. The zero-order valence-corrected chi connectivity index (χ0v) is 13.3. The van der Waals surface area contributed by atoms with E-state index in [1.54, 1.807) is 48.5 Å². The average molecular weight is 315 g/mol. The first-order valence-electron chi connectivity index (χ1n) is 6.60. The zero-order chi connectivity index (χ0) is 16.2. The molecule has 0 aliphatic carbocycles. The third kappa shape index (κ3) is 3.22. The minimum absolute atomic E-state index is 0.201. The fraction of sp³-hybridized carbons (Fsp3) is 0.118. The molecule has 0 aromatic heterocycles. The maximum absolute atomic E-state index is 12.8. The van der Waals surface area contributed by atoms with Crippen LogP contribution in [0.25, 0.3) is 0 Å². The number of anilines is 1. The van der Waals surface area contributed by atoms with Gasteiger partial charge in [-0.1, -0.05) is 30.3 Å². The topological polar surface area (TPSA) is 46.6 Å². The Morgan fingerprint density at radius 1 is 1.18 bits per heavy atom. The molecular formula is C17H17NO3S. The largest absolute Gasteiger partial charge is 0.497 e. The molecule has 0 amide bonds. The van der Waals surface area contributed by atoms with Crippen molar-refractivity contribution in [2.75, 3.05) is 11.4 Å². The molecule has 114 valence electrons. The Kier molecular flexibility index (Phi) is 4.71. The Labute approximate surface area is 131 Å². The molecule has 5 heteroatoms. The third-order valence-corrected chi connectivity index (χ3v) is 4.80. The van der Waals surface area contributed by atoms with Crippen LogP contribution in [-0.2, 0) is 10.0 Å². The van der Waals surface area contributed by atoms with Gasteiger partial charge in [0.15, 0.2) is 0 Å². The van der Waals surface area contributed by atoms with Crippen molar-refractivity contribution in [3.63, 3.8) is 0 Å². The molecule has 0 saturated heterocycles. The molecule has 0 unspecified atom stereocenters. The molecule has 0 radical (unpaired) electrons. The molecule has 0 bridgehead atoms. The van der Waals surface area contributed by atoms with E-state index in [0.29, 0.717) is 11.4 Å². The van der Waals surface area contributed by atoms with Gasteiger partial charge in [-0.25, -0.2) is 12.7 Å². The first-order valence-corrected chi connectivity index (χ1v) is 8.04. The van der Waals surface area contributed by atoms with Crippen LogP contribution in [0, 0.1) is 6.92 Å². The first kappa shape index (κ1) is 15.9. The summed E-state index contributed by atoms with van der Waals surface area (Å²) in [7, 11) is -2.21. The summed E-state index contributed by atoms with van der Waals surface area (Å²) in [5.41, 5.74) is 3.97. The predicted octanol–water partition coefficient (Wildman–Crippen LogP) is 3.50. The quantitative estimate of drug-likeness (QED) is 0.793. The molecule has 0 N–H and O–H groups in total. The van der Waals surface area contributed by atoms with Crippen molar-refractivity contribution in [2.24, 2.45) is 0 Å². The number of methoxy groups -OCH3 is 1. The summed E-state index contributed by atoms with van der Waals surface area (Å²) in [6.07, 6.45) is 1.30. The van der Waals surface area contributed by atoms with Crippen molar-refractivity contribution in [3.8, 4) is 5.75 Å². The van der Waals surface area contributed by atoms with Crippen LogP contribution < -0.4 is 9.04 Å². The van der Waals surface area contributed by atoms with E-state index in [9.17, 15) is 8.42 Å². The minimum Gasteiger partial charge on any atom is -0.497 e. The van der Waals surface area contributed by atoms with E-state index in [0.717, 1.165) is 9.87 Å². The van der Waals surface area contributed by atoms with E-state index in [1.807, 2.05) is 6.92 Å². The van der Waals surface area contributed by atoms with Crippen LogP contribution in [0.5, 0.6) is 5.75 Å². The van der Waals surface area contributed by atoms with Gasteiger partial charge in [0.25, 0.3) is 10.0 Å². The van der Waals surface area contributed by atoms with Gasteiger partial charge >= 0.3 is 0 Å². The molecule has 0 fully saturated rings. The summed E-state index contributed by atoms with van der Waals surface area (Å²) >= 11 is 0. The molecule has 2 rings (SSSR count). The Balaban J connectivity index is 2.55. The number of hydrogen-bond donors (Lipinski definition) is 0. The predicted molar refractivity (Wildman–Crippen MR) is 87.5 cm³/mol. The van der Waals surface area contributed by atoms with Gasteiger partial charge in [0.05, 0.1) is 23.9 Å². The third-order valence-electron chi connectivity index (χ3n) is 3.09. The summed E-state index contributed by atoms with van der Waals surface area (Å²) in [6, 6.07) is 13.5. The monoisotopic (exact) mass is 315 g/mol. The number of sulfonamides is 1. The van der Waals surface area contributed by atoms with Crippen LogP contribution in [0.2, 0.25) is 0 Å². The van der Waals surface area contributed by atoms with Crippen LogP contribution >= 0.6 is 0 Å². The van der Waals surface area contributed by atoms with E-state index in [4.69, 9.17) is 4.74 Å². The van der Waals surface area contributed by atoms with Gasteiger partial charge < -0.3 is 4.74 Å². The second-order valence-electron chi connectivity index (χ2n) is 4.65. The van der Waals surface area contributed by atoms with E-state index in [2.05, 4.69) is 12.3 Å². The number of nitrogens with zero attached hydrogens (tertiary/aromatic N) is 1. The summed E-state index contributed by atoms with van der Waals surface area (Å²) in [6.45, 7) is 5.37. The van der Waals surface area contributed by atoms with Gasteiger partial charge in [-0.2, -0.15) is 0 Å². The van der Waals surface area contributed by atoms with Crippen molar-refractivity contribution in [1.82, 2.24) is 0 Å². The summed E-state index contributed by atoms with van der Waals surface area (Å²) < 4.78 is 31.9. The van der Waals surface area contributed by atoms with Crippen molar-refractivity contribution in [2.45, 2.75) is 11.8 Å². The maximum atomic E-state index is 12.8. The van der Waals surface area contributed by atoms with Gasteiger partial charge in [-0.05, 0) is 31.2 Å². The van der Waals surface area contributed by atoms with E-state index in [1.165, 1.54) is 13.3 Å². The summed E-state index contributed by atoms with van der Waals surface area (Å²) in [5.74, 6) is 0.569. The molecule has 0 spiro atoms. The zero-order valence-electron chi connectivity index (χ0n) is 12.5. The Morgan fingerprint density at radius 3 is 2.45 bits per heavy atom. The Bertz CT molecular complexity index is 804. The van der Waals surface area contributed by atoms with Crippen molar-refractivity contribution >= 4 is 15.7 Å². The fourth-order valence-corrected chi connectivity index (χ4v) is 3.25. The van der Waals surface area contributed by atoms with Crippen LogP contribution in [0.1, 0.15) is 5.56 Å². The standard InChI is InChI=1S/C17H17NO3S/c1-4-12-18(15-6-5-7-16(13-15)21-3)22(19,20)17-10-8-14(2)9-11-17/h5-13H,1H2,2-3H3. The highest BCUT2D eigenvalue weighted by Crippen LogP contribution is 2.27. The van der Waals surface area contributed by atoms with Gasteiger partial charge in [0, 0.05) is 6.07 Å². The van der Waals surface area contributed by atoms with Crippen LogP contribution in [-0.4, -0.2) is 15.5 Å². The summed E-state index contributed by atoms with van der Waals surface area (Å²) in [5, 5.41) is 0. The van der Waals surface area contributed by atoms with Gasteiger partial charge in [0.1, 0.15) is 5.75 Å². The Hall–Kier alpha value is -2.49. The average Bonchev–Trinajstić information content (AvgIpc) is 2.53. The molecule has 0 aliphatic rings. The molecule has 22 heavy (non-hydrogen) atoms. The van der Waals surface area contributed by atoms with E-state index < -0.39 is 10.0 Å². The maximum Gasteiger partial charge on any atom is 0.268 e. The van der Waals surface area contributed by atoms with Gasteiger partial charge in [0.2, 0.25) is 0 Å². The number of ether oxygens (including phenoxy) is 1. The fourth-order valence-electron chi connectivity index (χ4n) is 1.94. The van der Waals surface area contributed by atoms with Crippen molar-refractivity contribution in [1.29, 1.82) is 0 Å². The number of benzene rings is 2. The molecule has 0 aliphatic heterocycles. The van der Waals surface area contributed by atoms with Crippen molar-refractivity contribution in [3.05, 3.63) is 72.6 Å². The highest BCUT2D eigenvalue weighted by atomic mass is 32.2. The lowest BCUT2D eigenvalue weighted by molar-refractivity contribution is 0.415. The van der Waals surface area contributed by atoms with E-state index >= 15 is 0 Å². The normalized spacial score (nSPS) is 10.6. The van der Waals surface area contributed by atoms with Crippen LogP contribution in [0.15, 0.2) is 71.9 Å². The second-order valence-corrected chi connectivity index (χ2v) is 6.46. The molecule has 4 nitrogen and oxygen atoms in total. The molecule has 2 aromatic rings. The first-order chi connectivity index (χ1) is 10.5. The second kappa shape index (κ2) is 6.52. The van der Waals surface area contributed by atoms with E-state index in [-0.39, 0.29) is 4.90 Å². The highest BCUT2D eigenvalue weighted by Gasteiger charge is 2.23. The van der Waals surface area contributed by atoms with Crippen LogP contribution in [0.3, 0.4) is 0 Å². The highest BCUT2D eigenvalue weighted by molar-refractivity contribution is 7.93. The summed E-state index contributed by atoms with van der Waals surface area (Å²) in [4.78, 5) is 0.201. The molecule has 2 aromatic carbocycles.